The van der Waals surface area contributed by atoms with Crippen molar-refractivity contribution in [2.45, 2.75) is 32.4 Å². The largest absolute Gasteiger partial charge is 0.454 e. The van der Waals surface area contributed by atoms with E-state index in [0.717, 1.165) is 22.8 Å². The highest BCUT2D eigenvalue weighted by molar-refractivity contribution is 7.98. The number of anilines is 1. The Balaban J connectivity index is 1.48. The molecule has 9 nitrogen and oxygen atoms in total. The van der Waals surface area contributed by atoms with Crippen molar-refractivity contribution in [3.05, 3.63) is 54.2 Å². The number of amides is 1. The number of hydrogen-bond donors (Lipinski definition) is 2. The Morgan fingerprint density at radius 1 is 1.25 bits per heavy atom. The van der Waals surface area contributed by atoms with Gasteiger partial charge in [0.05, 0.1) is 6.04 Å². The molecule has 4 rings (SSSR count). The SMILES string of the molecule is CSCCC(Nc1cc(C)nc(-n2ccnc2)n1)C(=O)NC(C)c1ccc2c(c1)OCO2. The summed E-state index contributed by atoms with van der Waals surface area (Å²) in [5.74, 6) is 3.26. The van der Waals surface area contributed by atoms with E-state index in [1.165, 1.54) is 0 Å². The molecule has 2 aromatic heterocycles. The summed E-state index contributed by atoms with van der Waals surface area (Å²) in [4.78, 5) is 26.2. The van der Waals surface area contributed by atoms with E-state index in [-0.39, 0.29) is 18.7 Å². The number of carbonyl (C=O) groups excluding carboxylic acids is 1. The van der Waals surface area contributed by atoms with Crippen LogP contribution in [0.1, 0.15) is 30.6 Å². The molecule has 0 bridgehead atoms. The van der Waals surface area contributed by atoms with Crippen molar-refractivity contribution in [1.82, 2.24) is 24.8 Å². The number of rotatable bonds is 9. The van der Waals surface area contributed by atoms with E-state index < -0.39 is 6.04 Å². The molecule has 0 saturated heterocycles. The molecule has 2 unspecified atom stereocenters. The Morgan fingerprint density at radius 2 is 2.09 bits per heavy atom. The minimum absolute atomic E-state index is 0.0929. The molecule has 10 heteroatoms. The van der Waals surface area contributed by atoms with Crippen LogP contribution in [-0.2, 0) is 4.79 Å². The Labute approximate surface area is 191 Å². The average Bonchev–Trinajstić information content (AvgIpc) is 3.47. The normalized spacial score (nSPS) is 14.1. The van der Waals surface area contributed by atoms with Gasteiger partial charge in [-0.25, -0.2) is 9.97 Å². The molecule has 2 N–H and O–H groups in total. The zero-order valence-corrected chi connectivity index (χ0v) is 19.1. The number of thioether (sulfide) groups is 1. The minimum Gasteiger partial charge on any atom is -0.454 e. The molecule has 32 heavy (non-hydrogen) atoms. The zero-order chi connectivity index (χ0) is 22.5. The molecular weight excluding hydrogens is 428 g/mol. The molecule has 3 aromatic rings. The first kappa shape index (κ1) is 21.9. The van der Waals surface area contributed by atoms with Crippen molar-refractivity contribution in [1.29, 1.82) is 0 Å². The van der Waals surface area contributed by atoms with Gasteiger partial charge in [-0.3, -0.25) is 9.36 Å². The molecule has 0 fully saturated rings. The highest BCUT2D eigenvalue weighted by Crippen LogP contribution is 2.34. The van der Waals surface area contributed by atoms with Crippen LogP contribution in [0.5, 0.6) is 11.5 Å². The molecule has 168 valence electrons. The van der Waals surface area contributed by atoms with E-state index in [4.69, 9.17) is 9.47 Å². The Morgan fingerprint density at radius 3 is 2.88 bits per heavy atom. The number of benzene rings is 1. The van der Waals surface area contributed by atoms with Crippen LogP contribution >= 0.6 is 11.8 Å². The van der Waals surface area contributed by atoms with E-state index in [2.05, 4.69) is 25.6 Å². The molecule has 1 aromatic carbocycles. The number of imidazole rings is 1. The first-order chi connectivity index (χ1) is 15.5. The van der Waals surface area contributed by atoms with Gasteiger partial charge in [-0.05, 0) is 50.0 Å². The van der Waals surface area contributed by atoms with Crippen LogP contribution in [0.4, 0.5) is 5.82 Å². The second kappa shape index (κ2) is 9.90. The van der Waals surface area contributed by atoms with E-state index in [1.54, 1.807) is 35.0 Å². The van der Waals surface area contributed by atoms with Gasteiger partial charge >= 0.3 is 0 Å². The predicted molar refractivity (Wildman–Crippen MR) is 123 cm³/mol. The highest BCUT2D eigenvalue weighted by Gasteiger charge is 2.22. The van der Waals surface area contributed by atoms with Crippen molar-refractivity contribution in [2.75, 3.05) is 24.1 Å². The van der Waals surface area contributed by atoms with Crippen molar-refractivity contribution >= 4 is 23.5 Å². The third-order valence-corrected chi connectivity index (χ3v) is 5.73. The van der Waals surface area contributed by atoms with Crippen molar-refractivity contribution in [2.24, 2.45) is 0 Å². The standard InChI is InChI=1S/C22H26N6O3S/c1-14-10-20(27-22(24-14)28-8-7-23-12-28)26-17(6-9-32-3)21(29)25-15(2)16-4-5-18-19(11-16)31-13-30-18/h4-5,7-8,10-12,15,17H,6,9,13H2,1-3H3,(H,25,29)(H,24,26,27). The first-order valence-corrected chi connectivity index (χ1v) is 11.7. The first-order valence-electron chi connectivity index (χ1n) is 10.3. The molecule has 1 aliphatic heterocycles. The van der Waals surface area contributed by atoms with E-state index in [1.807, 2.05) is 44.4 Å². The maximum atomic E-state index is 13.2. The van der Waals surface area contributed by atoms with Gasteiger partial charge in [-0.15, -0.1) is 0 Å². The predicted octanol–water partition coefficient (Wildman–Crippen LogP) is 3.11. The summed E-state index contributed by atoms with van der Waals surface area (Å²) in [5, 5.41) is 6.41. The summed E-state index contributed by atoms with van der Waals surface area (Å²) < 4.78 is 12.6. The molecule has 0 spiro atoms. The summed E-state index contributed by atoms with van der Waals surface area (Å²) in [7, 11) is 0. The van der Waals surface area contributed by atoms with E-state index in [9.17, 15) is 4.79 Å². The van der Waals surface area contributed by atoms with E-state index in [0.29, 0.717) is 23.9 Å². The van der Waals surface area contributed by atoms with Crippen LogP contribution in [-0.4, -0.2) is 50.3 Å². The van der Waals surface area contributed by atoms with Gasteiger partial charge in [-0.1, -0.05) is 6.07 Å². The maximum Gasteiger partial charge on any atom is 0.243 e. The van der Waals surface area contributed by atoms with Crippen LogP contribution in [0.2, 0.25) is 0 Å². The number of aryl methyl sites for hydroxylation is 1. The second-order valence-electron chi connectivity index (χ2n) is 7.49. The summed E-state index contributed by atoms with van der Waals surface area (Å²) >= 11 is 1.70. The van der Waals surface area contributed by atoms with Gasteiger partial charge in [0, 0.05) is 24.2 Å². The van der Waals surface area contributed by atoms with Crippen LogP contribution in [0.15, 0.2) is 43.0 Å². The lowest BCUT2D eigenvalue weighted by molar-refractivity contribution is -0.122. The highest BCUT2D eigenvalue weighted by atomic mass is 32.2. The van der Waals surface area contributed by atoms with Gasteiger partial charge in [0.15, 0.2) is 11.5 Å². The molecular formula is C22H26N6O3S. The smallest absolute Gasteiger partial charge is 0.243 e. The average molecular weight is 455 g/mol. The fourth-order valence-electron chi connectivity index (χ4n) is 3.38. The lowest BCUT2D eigenvalue weighted by atomic mass is 10.1. The maximum absolute atomic E-state index is 13.2. The topological polar surface area (TPSA) is 103 Å². The van der Waals surface area contributed by atoms with Crippen molar-refractivity contribution in [3.8, 4) is 17.4 Å². The van der Waals surface area contributed by atoms with Crippen molar-refractivity contribution in [3.63, 3.8) is 0 Å². The van der Waals surface area contributed by atoms with Crippen LogP contribution in [0, 0.1) is 6.92 Å². The fourth-order valence-corrected chi connectivity index (χ4v) is 3.85. The van der Waals surface area contributed by atoms with Crippen molar-refractivity contribution < 1.29 is 14.3 Å². The monoisotopic (exact) mass is 454 g/mol. The zero-order valence-electron chi connectivity index (χ0n) is 18.2. The Hall–Kier alpha value is -3.27. The fraction of sp³-hybridized carbons (Fsp3) is 0.364. The number of fused-ring (bicyclic) bond motifs is 1. The Bertz CT molecular complexity index is 1080. The number of nitrogens with one attached hydrogen (secondary N) is 2. The lowest BCUT2D eigenvalue weighted by Crippen LogP contribution is -2.41. The summed E-state index contributed by atoms with van der Waals surface area (Å²) in [5.41, 5.74) is 1.75. The van der Waals surface area contributed by atoms with Crippen LogP contribution in [0.3, 0.4) is 0 Å². The third kappa shape index (κ3) is 5.13. The minimum atomic E-state index is -0.441. The summed E-state index contributed by atoms with van der Waals surface area (Å²) in [6.45, 7) is 4.07. The van der Waals surface area contributed by atoms with Gasteiger partial charge in [-0.2, -0.15) is 16.7 Å². The lowest BCUT2D eigenvalue weighted by Gasteiger charge is -2.22. The number of aromatic nitrogens is 4. The summed E-state index contributed by atoms with van der Waals surface area (Å²) in [6, 6.07) is 6.91. The molecule has 0 saturated carbocycles. The van der Waals surface area contributed by atoms with Gasteiger partial charge in [0.2, 0.25) is 18.6 Å². The summed E-state index contributed by atoms with van der Waals surface area (Å²) in [6.07, 6.45) is 7.78. The number of ether oxygens (including phenoxy) is 2. The molecule has 0 radical (unpaired) electrons. The Kier molecular flexibility index (Phi) is 6.79. The van der Waals surface area contributed by atoms with Crippen LogP contribution < -0.4 is 20.1 Å². The van der Waals surface area contributed by atoms with Crippen LogP contribution in [0.25, 0.3) is 5.95 Å². The molecule has 0 aliphatic carbocycles. The van der Waals surface area contributed by atoms with Gasteiger partial charge in [0.1, 0.15) is 18.2 Å². The molecule has 1 amide bonds. The van der Waals surface area contributed by atoms with Gasteiger partial charge < -0.3 is 20.1 Å². The van der Waals surface area contributed by atoms with E-state index >= 15 is 0 Å². The quantitative estimate of drug-likeness (QED) is 0.508. The number of hydrogen-bond acceptors (Lipinski definition) is 8. The molecule has 2 atom stereocenters. The molecule has 3 heterocycles. The van der Waals surface area contributed by atoms with Gasteiger partial charge in [0.25, 0.3) is 0 Å². The third-order valence-electron chi connectivity index (χ3n) is 5.08. The number of nitrogens with zero attached hydrogens (tertiary/aromatic N) is 4. The molecule has 1 aliphatic rings. The second-order valence-corrected chi connectivity index (χ2v) is 8.47. The number of carbonyl (C=O) groups is 1.